The molecule has 2 aromatic carbocycles. The smallest absolute Gasteiger partial charge is 0.416 e. The Kier molecular flexibility index (Phi) is 6.30. The van der Waals surface area contributed by atoms with Gasteiger partial charge in [0.05, 0.1) is 5.56 Å². The lowest BCUT2D eigenvalue weighted by Gasteiger charge is -2.39. The molecular weight excluding hydrogens is 391 g/mol. The molecule has 1 fully saturated rings. The predicted octanol–water partition coefficient (Wildman–Crippen LogP) is 5.79. The summed E-state index contributed by atoms with van der Waals surface area (Å²) in [6.07, 6.45) is -2.97. The molecule has 0 radical (unpaired) electrons. The van der Waals surface area contributed by atoms with E-state index in [-0.39, 0.29) is 18.4 Å². The van der Waals surface area contributed by atoms with Crippen molar-refractivity contribution >= 4 is 17.6 Å². The quantitative estimate of drug-likeness (QED) is 0.677. The van der Waals surface area contributed by atoms with Crippen molar-refractivity contribution in [1.82, 2.24) is 4.90 Å². The predicted molar refractivity (Wildman–Crippen MR) is 101 cm³/mol. The molecule has 0 bridgehead atoms. The summed E-state index contributed by atoms with van der Waals surface area (Å²) in [5.74, 6) is -0.847. The van der Waals surface area contributed by atoms with Crippen molar-refractivity contribution in [3.05, 3.63) is 70.2 Å². The molecule has 7 heteroatoms. The van der Waals surface area contributed by atoms with Gasteiger partial charge in [0, 0.05) is 24.0 Å². The number of piperidine rings is 1. The van der Waals surface area contributed by atoms with Crippen molar-refractivity contribution in [3.8, 4) is 0 Å². The third-order valence-corrected chi connectivity index (χ3v) is 5.42. The minimum Gasteiger partial charge on any atom is -0.481 e. The van der Waals surface area contributed by atoms with Crippen molar-refractivity contribution in [2.24, 2.45) is 5.92 Å². The average molecular weight is 412 g/mol. The number of alkyl halides is 3. The molecular formula is C21H21ClF3NO2. The largest absolute Gasteiger partial charge is 0.481 e. The van der Waals surface area contributed by atoms with Crippen molar-refractivity contribution in [2.75, 3.05) is 6.54 Å². The summed E-state index contributed by atoms with van der Waals surface area (Å²) in [4.78, 5) is 13.3. The van der Waals surface area contributed by atoms with Crippen LogP contribution in [0.15, 0.2) is 48.5 Å². The third-order valence-electron chi connectivity index (χ3n) is 5.18. The molecule has 3 rings (SSSR count). The van der Waals surface area contributed by atoms with Gasteiger partial charge in [-0.2, -0.15) is 13.2 Å². The number of carbonyl (C=O) groups is 1. The number of likely N-dealkylation sites (tertiary alicyclic amines) is 1. The monoisotopic (exact) mass is 411 g/mol. The van der Waals surface area contributed by atoms with E-state index >= 15 is 0 Å². The van der Waals surface area contributed by atoms with Crippen molar-refractivity contribution in [1.29, 1.82) is 0 Å². The molecule has 0 unspecified atom stereocenters. The Morgan fingerprint density at radius 1 is 1.18 bits per heavy atom. The van der Waals surface area contributed by atoms with Crippen molar-refractivity contribution in [2.45, 2.75) is 38.0 Å². The van der Waals surface area contributed by atoms with Crippen LogP contribution >= 0.6 is 11.6 Å². The third kappa shape index (κ3) is 5.26. The Morgan fingerprint density at radius 3 is 2.50 bits per heavy atom. The molecule has 1 N–H and O–H groups in total. The molecule has 0 aliphatic carbocycles. The Morgan fingerprint density at radius 2 is 1.89 bits per heavy atom. The number of rotatable bonds is 5. The summed E-state index contributed by atoms with van der Waals surface area (Å²) in [5.41, 5.74) is 1.10. The summed E-state index contributed by atoms with van der Waals surface area (Å²) in [6.45, 7) is 1.28. The van der Waals surface area contributed by atoms with Gasteiger partial charge in [0.2, 0.25) is 0 Å². The van der Waals surface area contributed by atoms with Crippen LogP contribution in [0.4, 0.5) is 13.2 Å². The van der Waals surface area contributed by atoms with E-state index in [4.69, 9.17) is 16.7 Å². The number of aliphatic carboxylic acids is 1. The lowest BCUT2D eigenvalue weighted by Crippen LogP contribution is -2.37. The molecule has 0 spiro atoms. The fourth-order valence-electron chi connectivity index (χ4n) is 3.82. The molecule has 3 nitrogen and oxygen atoms in total. The van der Waals surface area contributed by atoms with Gasteiger partial charge in [-0.05, 0) is 60.7 Å². The Balaban J connectivity index is 1.84. The topological polar surface area (TPSA) is 40.5 Å². The molecule has 1 heterocycles. The van der Waals surface area contributed by atoms with Crippen LogP contribution in [0.25, 0.3) is 0 Å². The summed E-state index contributed by atoms with van der Waals surface area (Å²) < 4.78 is 38.6. The van der Waals surface area contributed by atoms with E-state index in [1.165, 1.54) is 12.1 Å². The molecule has 150 valence electrons. The minimum absolute atomic E-state index is 0.000374. The normalized spacial score (nSPS) is 20.9. The molecule has 1 aliphatic rings. The zero-order valence-corrected chi connectivity index (χ0v) is 15.9. The van der Waals surface area contributed by atoms with Crippen LogP contribution < -0.4 is 0 Å². The Hall–Kier alpha value is -2.05. The lowest BCUT2D eigenvalue weighted by molar-refractivity contribution is -0.139. The highest BCUT2D eigenvalue weighted by Gasteiger charge is 2.33. The SMILES string of the molecule is O=C(O)C[C@@H]1CCN(Cc2cccc(Cl)c2)[C@H](c2ccc(C(F)(F)F)cc2)C1. The van der Waals surface area contributed by atoms with E-state index in [2.05, 4.69) is 4.90 Å². The number of carboxylic acids is 1. The standard InChI is InChI=1S/C21H21ClF3NO2/c22-18-3-1-2-15(10-18)13-26-9-8-14(12-20(27)28)11-19(26)16-4-6-17(7-5-16)21(23,24)25/h1-7,10,14,19H,8-9,11-13H2,(H,27,28)/t14-,19+/m1/s1. The average Bonchev–Trinajstić information content (AvgIpc) is 2.62. The first-order chi connectivity index (χ1) is 13.2. The fraction of sp³-hybridized carbons (Fsp3) is 0.381. The van der Waals surface area contributed by atoms with Gasteiger partial charge in [0.15, 0.2) is 0 Å². The summed E-state index contributed by atoms with van der Waals surface area (Å²) >= 11 is 6.07. The van der Waals surface area contributed by atoms with Gasteiger partial charge in [0.1, 0.15) is 0 Å². The zero-order chi connectivity index (χ0) is 20.3. The van der Waals surface area contributed by atoms with Gasteiger partial charge in [-0.3, -0.25) is 9.69 Å². The number of carboxylic acid groups (broad SMARTS) is 1. The van der Waals surface area contributed by atoms with Crippen molar-refractivity contribution < 1.29 is 23.1 Å². The Labute approximate surface area is 166 Å². The van der Waals surface area contributed by atoms with Crippen LogP contribution in [0.2, 0.25) is 5.02 Å². The molecule has 1 aliphatic heterocycles. The number of benzene rings is 2. The van der Waals surface area contributed by atoms with Gasteiger partial charge in [-0.15, -0.1) is 0 Å². The van der Waals surface area contributed by atoms with Gasteiger partial charge in [0.25, 0.3) is 0 Å². The summed E-state index contributed by atoms with van der Waals surface area (Å²) in [6, 6.07) is 12.5. The van der Waals surface area contributed by atoms with E-state index < -0.39 is 17.7 Å². The Bertz CT molecular complexity index is 823. The van der Waals surface area contributed by atoms with Crippen LogP contribution in [0.1, 0.15) is 42.0 Å². The van der Waals surface area contributed by atoms with Gasteiger partial charge in [-0.1, -0.05) is 35.9 Å². The molecule has 28 heavy (non-hydrogen) atoms. The van der Waals surface area contributed by atoms with Crippen LogP contribution in [-0.2, 0) is 17.5 Å². The second-order valence-electron chi connectivity index (χ2n) is 7.22. The molecule has 0 aromatic heterocycles. The highest BCUT2D eigenvalue weighted by atomic mass is 35.5. The fourth-order valence-corrected chi connectivity index (χ4v) is 4.03. The first-order valence-electron chi connectivity index (χ1n) is 9.10. The van der Waals surface area contributed by atoms with Gasteiger partial charge in [-0.25, -0.2) is 0 Å². The van der Waals surface area contributed by atoms with Crippen LogP contribution in [0.5, 0.6) is 0 Å². The summed E-state index contributed by atoms with van der Waals surface area (Å²) in [7, 11) is 0. The maximum absolute atomic E-state index is 12.9. The molecule has 2 aromatic rings. The van der Waals surface area contributed by atoms with Crippen molar-refractivity contribution in [3.63, 3.8) is 0 Å². The number of hydrogen-bond acceptors (Lipinski definition) is 2. The minimum atomic E-state index is -4.38. The number of halogens is 4. The lowest BCUT2D eigenvalue weighted by atomic mass is 9.84. The maximum Gasteiger partial charge on any atom is 0.416 e. The molecule has 0 amide bonds. The van der Waals surface area contributed by atoms with Crippen LogP contribution in [0.3, 0.4) is 0 Å². The number of nitrogens with zero attached hydrogens (tertiary/aromatic N) is 1. The first-order valence-corrected chi connectivity index (χ1v) is 9.47. The van der Waals surface area contributed by atoms with E-state index in [1.807, 2.05) is 18.2 Å². The highest BCUT2D eigenvalue weighted by Crippen LogP contribution is 2.38. The van der Waals surface area contributed by atoms with Crippen LogP contribution in [0, 0.1) is 5.92 Å². The van der Waals surface area contributed by atoms with E-state index in [1.54, 1.807) is 6.07 Å². The van der Waals surface area contributed by atoms with Gasteiger partial charge < -0.3 is 5.11 Å². The van der Waals surface area contributed by atoms with E-state index in [9.17, 15) is 18.0 Å². The first kappa shape index (κ1) is 20.7. The molecule has 0 saturated carbocycles. The van der Waals surface area contributed by atoms with Crippen LogP contribution in [-0.4, -0.2) is 22.5 Å². The second-order valence-corrected chi connectivity index (χ2v) is 7.66. The maximum atomic E-state index is 12.9. The van der Waals surface area contributed by atoms with E-state index in [0.717, 1.165) is 29.7 Å². The van der Waals surface area contributed by atoms with E-state index in [0.29, 0.717) is 24.5 Å². The second kappa shape index (κ2) is 8.53. The highest BCUT2D eigenvalue weighted by molar-refractivity contribution is 6.30. The number of hydrogen-bond donors (Lipinski definition) is 1. The molecule has 2 atom stereocenters. The van der Waals surface area contributed by atoms with Gasteiger partial charge >= 0.3 is 12.1 Å². The zero-order valence-electron chi connectivity index (χ0n) is 15.1. The molecule has 1 saturated heterocycles. The summed E-state index contributed by atoms with van der Waals surface area (Å²) in [5, 5.41) is 9.76.